The van der Waals surface area contributed by atoms with E-state index in [1.54, 1.807) is 13.8 Å². The van der Waals surface area contributed by atoms with Crippen LogP contribution in [0.15, 0.2) is 24.3 Å². The molecule has 0 fully saturated rings. The highest BCUT2D eigenvalue weighted by Gasteiger charge is 2.27. The monoisotopic (exact) mass is 278 g/mol. The van der Waals surface area contributed by atoms with E-state index in [-0.39, 0.29) is 17.9 Å². The number of primary amides is 1. The van der Waals surface area contributed by atoms with E-state index in [2.05, 4.69) is 5.32 Å². The number of carbonyl (C=O) groups excluding carboxylic acids is 2. The predicted molar refractivity (Wildman–Crippen MR) is 78.4 cm³/mol. The summed E-state index contributed by atoms with van der Waals surface area (Å²) in [6.07, 6.45) is 0.626. The Labute approximate surface area is 119 Å². The van der Waals surface area contributed by atoms with Crippen molar-refractivity contribution in [3.63, 3.8) is 0 Å². The third-order valence-electron chi connectivity index (χ3n) is 3.46. The van der Waals surface area contributed by atoms with Gasteiger partial charge in [0.1, 0.15) is 6.04 Å². The maximum absolute atomic E-state index is 11.5. The van der Waals surface area contributed by atoms with Gasteiger partial charge in [0.2, 0.25) is 5.91 Å². The van der Waals surface area contributed by atoms with E-state index in [4.69, 9.17) is 10.5 Å². The van der Waals surface area contributed by atoms with Gasteiger partial charge in [-0.15, -0.1) is 0 Å². The number of hydrogen-bond donors (Lipinski definition) is 2. The van der Waals surface area contributed by atoms with E-state index in [9.17, 15) is 9.59 Å². The Kier molecular flexibility index (Phi) is 5.13. The molecule has 1 atom stereocenters. The lowest BCUT2D eigenvalue weighted by Crippen LogP contribution is -2.35. The van der Waals surface area contributed by atoms with Gasteiger partial charge in [-0.05, 0) is 38.0 Å². The van der Waals surface area contributed by atoms with Crippen molar-refractivity contribution in [3.05, 3.63) is 29.8 Å². The maximum atomic E-state index is 11.5. The van der Waals surface area contributed by atoms with Crippen LogP contribution in [0.1, 0.15) is 32.8 Å². The molecule has 0 spiro atoms. The van der Waals surface area contributed by atoms with Crippen LogP contribution in [-0.4, -0.2) is 25.0 Å². The molecular weight excluding hydrogens is 256 g/mol. The molecule has 0 saturated carbocycles. The number of carbonyl (C=O) groups is 2. The van der Waals surface area contributed by atoms with E-state index in [1.807, 2.05) is 31.2 Å². The van der Waals surface area contributed by atoms with Gasteiger partial charge in [-0.3, -0.25) is 4.79 Å². The van der Waals surface area contributed by atoms with Gasteiger partial charge in [0.15, 0.2) is 0 Å². The summed E-state index contributed by atoms with van der Waals surface area (Å²) in [4.78, 5) is 22.9. The first-order valence-electron chi connectivity index (χ1n) is 6.57. The molecule has 1 aromatic rings. The number of amides is 1. The summed E-state index contributed by atoms with van der Waals surface area (Å²) in [5, 5.41) is 3.10. The second-order valence-electron chi connectivity index (χ2n) is 5.19. The fourth-order valence-corrected chi connectivity index (χ4v) is 1.80. The van der Waals surface area contributed by atoms with Gasteiger partial charge in [0.05, 0.1) is 12.5 Å². The standard InChI is InChI=1S/C15H22N2O3/c1-5-12(13(18)20-4)17-11-8-6-10(7-9-11)15(2,3)14(16)19/h6-9,12,17H,5H2,1-4H3,(H2,16,19)/t12-/m1/s1. The van der Waals surface area contributed by atoms with Crippen LogP contribution in [0.3, 0.4) is 0 Å². The number of nitrogens with one attached hydrogen (secondary N) is 1. The molecule has 0 aliphatic carbocycles. The quantitative estimate of drug-likeness (QED) is 0.778. The van der Waals surface area contributed by atoms with Gasteiger partial charge in [-0.1, -0.05) is 19.1 Å². The molecule has 0 bridgehead atoms. The van der Waals surface area contributed by atoms with Crippen molar-refractivity contribution >= 4 is 17.6 Å². The fraction of sp³-hybridized carbons (Fsp3) is 0.467. The number of esters is 1. The normalized spacial score (nSPS) is 12.6. The number of ether oxygens (including phenoxy) is 1. The molecule has 110 valence electrons. The number of anilines is 1. The Hall–Kier alpha value is -2.04. The Morgan fingerprint density at radius 3 is 2.25 bits per heavy atom. The summed E-state index contributed by atoms with van der Waals surface area (Å²) in [6.45, 7) is 5.46. The molecule has 20 heavy (non-hydrogen) atoms. The van der Waals surface area contributed by atoms with Crippen LogP contribution in [0.4, 0.5) is 5.69 Å². The summed E-state index contributed by atoms with van der Waals surface area (Å²) in [6, 6.07) is 6.93. The molecule has 3 N–H and O–H groups in total. The average Bonchev–Trinajstić information content (AvgIpc) is 2.44. The van der Waals surface area contributed by atoms with E-state index >= 15 is 0 Å². The molecule has 0 aliphatic heterocycles. The van der Waals surface area contributed by atoms with Crippen LogP contribution in [0.5, 0.6) is 0 Å². The van der Waals surface area contributed by atoms with E-state index < -0.39 is 5.41 Å². The van der Waals surface area contributed by atoms with Gasteiger partial charge in [-0.25, -0.2) is 4.79 Å². The molecule has 0 aromatic heterocycles. The second-order valence-corrected chi connectivity index (χ2v) is 5.19. The molecule has 0 aliphatic rings. The first-order chi connectivity index (χ1) is 9.32. The van der Waals surface area contributed by atoms with Crippen LogP contribution in [0.25, 0.3) is 0 Å². The van der Waals surface area contributed by atoms with Crippen molar-refractivity contribution in [2.45, 2.75) is 38.6 Å². The van der Waals surface area contributed by atoms with Crippen molar-refractivity contribution in [3.8, 4) is 0 Å². The number of methoxy groups -OCH3 is 1. The van der Waals surface area contributed by atoms with Crippen LogP contribution in [0.2, 0.25) is 0 Å². The van der Waals surface area contributed by atoms with Crippen LogP contribution in [0, 0.1) is 0 Å². The highest BCUT2D eigenvalue weighted by atomic mass is 16.5. The molecule has 1 aromatic carbocycles. The molecule has 0 unspecified atom stereocenters. The topological polar surface area (TPSA) is 81.4 Å². The summed E-state index contributed by atoms with van der Waals surface area (Å²) >= 11 is 0. The molecule has 1 rings (SSSR count). The zero-order valence-electron chi connectivity index (χ0n) is 12.4. The van der Waals surface area contributed by atoms with Crippen LogP contribution < -0.4 is 11.1 Å². The summed E-state index contributed by atoms with van der Waals surface area (Å²) in [5.74, 6) is -0.673. The highest BCUT2D eigenvalue weighted by Crippen LogP contribution is 2.24. The van der Waals surface area contributed by atoms with Crippen molar-refractivity contribution in [2.24, 2.45) is 5.73 Å². The molecule has 1 amide bonds. The van der Waals surface area contributed by atoms with E-state index in [1.165, 1.54) is 7.11 Å². The number of benzene rings is 1. The summed E-state index contributed by atoms with van der Waals surface area (Å²) in [5.41, 5.74) is 6.30. The first kappa shape index (κ1) is 16.0. The van der Waals surface area contributed by atoms with Gasteiger partial charge < -0.3 is 15.8 Å². The van der Waals surface area contributed by atoms with Gasteiger partial charge in [0.25, 0.3) is 0 Å². The molecule has 0 saturated heterocycles. The predicted octanol–water partition coefficient (Wildman–Crippen LogP) is 1.81. The van der Waals surface area contributed by atoms with E-state index in [0.717, 1.165) is 11.3 Å². The Morgan fingerprint density at radius 2 is 1.85 bits per heavy atom. The molecule has 5 heteroatoms. The molecule has 5 nitrogen and oxygen atoms in total. The zero-order chi connectivity index (χ0) is 15.3. The van der Waals surface area contributed by atoms with Gasteiger partial charge >= 0.3 is 5.97 Å². The lowest BCUT2D eigenvalue weighted by atomic mass is 9.84. The fourth-order valence-electron chi connectivity index (χ4n) is 1.80. The number of rotatable bonds is 6. The Balaban J connectivity index is 2.87. The zero-order valence-corrected chi connectivity index (χ0v) is 12.4. The van der Waals surface area contributed by atoms with Gasteiger partial charge in [-0.2, -0.15) is 0 Å². The lowest BCUT2D eigenvalue weighted by Gasteiger charge is -2.22. The number of hydrogen-bond acceptors (Lipinski definition) is 4. The maximum Gasteiger partial charge on any atom is 0.328 e. The Morgan fingerprint density at radius 1 is 1.30 bits per heavy atom. The lowest BCUT2D eigenvalue weighted by molar-refractivity contribution is -0.141. The summed E-state index contributed by atoms with van der Waals surface area (Å²) in [7, 11) is 1.37. The molecule has 0 radical (unpaired) electrons. The SMILES string of the molecule is CC[C@@H](Nc1ccc(C(C)(C)C(N)=O)cc1)C(=O)OC. The first-order valence-corrected chi connectivity index (χ1v) is 6.57. The third-order valence-corrected chi connectivity index (χ3v) is 3.46. The average molecular weight is 278 g/mol. The highest BCUT2D eigenvalue weighted by molar-refractivity contribution is 5.86. The summed E-state index contributed by atoms with van der Waals surface area (Å²) < 4.78 is 4.72. The second kappa shape index (κ2) is 6.41. The van der Waals surface area contributed by atoms with Crippen LogP contribution in [-0.2, 0) is 19.7 Å². The largest absolute Gasteiger partial charge is 0.467 e. The number of nitrogens with two attached hydrogens (primary N) is 1. The smallest absolute Gasteiger partial charge is 0.328 e. The van der Waals surface area contributed by atoms with Crippen LogP contribution >= 0.6 is 0 Å². The van der Waals surface area contributed by atoms with E-state index in [0.29, 0.717) is 6.42 Å². The van der Waals surface area contributed by atoms with Crippen molar-refractivity contribution in [1.82, 2.24) is 0 Å². The molecular formula is C15H22N2O3. The molecule has 0 heterocycles. The minimum Gasteiger partial charge on any atom is -0.467 e. The van der Waals surface area contributed by atoms with Crippen molar-refractivity contribution < 1.29 is 14.3 Å². The minimum atomic E-state index is -0.717. The van der Waals surface area contributed by atoms with Gasteiger partial charge in [0, 0.05) is 5.69 Å². The minimum absolute atomic E-state index is 0.297. The van der Waals surface area contributed by atoms with Crippen molar-refractivity contribution in [2.75, 3.05) is 12.4 Å². The van der Waals surface area contributed by atoms with Crippen molar-refractivity contribution in [1.29, 1.82) is 0 Å². The third kappa shape index (κ3) is 3.50. The Bertz CT molecular complexity index is 480.